The first-order valence-electron chi connectivity index (χ1n) is 5.24. The fourth-order valence-corrected chi connectivity index (χ4v) is 1.42. The Morgan fingerprint density at radius 2 is 2.28 bits per heavy atom. The van der Waals surface area contributed by atoms with Gasteiger partial charge in [0, 0.05) is 31.1 Å². The van der Waals surface area contributed by atoms with Crippen LogP contribution in [0.25, 0.3) is 0 Å². The molecule has 0 unspecified atom stereocenters. The zero-order valence-electron chi connectivity index (χ0n) is 9.28. The van der Waals surface area contributed by atoms with Gasteiger partial charge in [-0.2, -0.15) is 4.39 Å². The zero-order valence-corrected chi connectivity index (χ0v) is 9.28. The van der Waals surface area contributed by atoms with Crippen molar-refractivity contribution in [3.8, 4) is 0 Å². The number of hydrogen-bond acceptors (Lipinski definition) is 3. The molecule has 0 atom stereocenters. The molecule has 2 N–H and O–H groups in total. The van der Waals surface area contributed by atoms with Crippen LogP contribution in [0.4, 0.5) is 8.78 Å². The molecule has 1 amide bonds. The summed E-state index contributed by atoms with van der Waals surface area (Å²) >= 11 is 0. The smallest absolute Gasteiger partial charge is 0.254 e. The fraction of sp³-hybridized carbons (Fsp3) is 0.182. The highest BCUT2D eigenvalue weighted by Gasteiger charge is 2.15. The fourth-order valence-electron chi connectivity index (χ4n) is 1.42. The van der Waals surface area contributed by atoms with Crippen molar-refractivity contribution in [3.05, 3.63) is 47.8 Å². The Bertz CT molecular complexity index is 542. The third-order valence-electron chi connectivity index (χ3n) is 2.33. The van der Waals surface area contributed by atoms with Gasteiger partial charge in [0.15, 0.2) is 5.82 Å². The van der Waals surface area contributed by atoms with Gasteiger partial charge in [0.25, 0.3) is 5.91 Å². The van der Waals surface area contributed by atoms with Crippen LogP contribution in [-0.2, 0) is 6.42 Å². The van der Waals surface area contributed by atoms with Crippen LogP contribution in [-0.4, -0.2) is 27.4 Å². The molecule has 0 saturated heterocycles. The average Bonchev–Trinajstić information content (AvgIpc) is 2.85. The van der Waals surface area contributed by atoms with Gasteiger partial charge in [-0.1, -0.05) is 0 Å². The molecule has 2 aromatic rings. The Morgan fingerprint density at radius 1 is 1.44 bits per heavy atom. The molecule has 7 heteroatoms. The molecule has 2 rings (SSSR count). The van der Waals surface area contributed by atoms with E-state index in [4.69, 9.17) is 0 Å². The van der Waals surface area contributed by atoms with Gasteiger partial charge < -0.3 is 10.3 Å². The van der Waals surface area contributed by atoms with Crippen LogP contribution >= 0.6 is 0 Å². The Balaban J connectivity index is 1.93. The molecule has 0 radical (unpaired) electrons. The van der Waals surface area contributed by atoms with Crippen LogP contribution in [0, 0.1) is 11.8 Å². The number of aromatic nitrogens is 3. The second-order valence-electron chi connectivity index (χ2n) is 3.55. The molecule has 0 aromatic carbocycles. The summed E-state index contributed by atoms with van der Waals surface area (Å²) in [5.74, 6) is -3.19. The second-order valence-corrected chi connectivity index (χ2v) is 3.55. The summed E-state index contributed by atoms with van der Waals surface area (Å²) in [6, 6.07) is 1.13. The van der Waals surface area contributed by atoms with Gasteiger partial charge in [-0.05, 0) is 6.07 Å². The minimum absolute atomic E-state index is 0.296. The van der Waals surface area contributed by atoms with Crippen LogP contribution in [0.15, 0.2) is 24.8 Å². The van der Waals surface area contributed by atoms with Gasteiger partial charge in [0.05, 0.1) is 11.9 Å². The van der Waals surface area contributed by atoms with Crippen molar-refractivity contribution in [3.63, 3.8) is 0 Å². The van der Waals surface area contributed by atoms with E-state index in [0.717, 1.165) is 18.0 Å². The van der Waals surface area contributed by atoms with E-state index >= 15 is 0 Å². The minimum Gasteiger partial charge on any atom is -0.352 e. The first-order valence-corrected chi connectivity index (χ1v) is 5.24. The molecule has 0 spiro atoms. The number of H-pyrrole nitrogens is 1. The summed E-state index contributed by atoms with van der Waals surface area (Å²) in [4.78, 5) is 21.4. The monoisotopic (exact) mass is 252 g/mol. The lowest BCUT2D eigenvalue weighted by molar-refractivity contribution is 0.0948. The van der Waals surface area contributed by atoms with Crippen LogP contribution < -0.4 is 5.32 Å². The highest BCUT2D eigenvalue weighted by atomic mass is 19.2. The van der Waals surface area contributed by atoms with E-state index in [1.54, 1.807) is 6.20 Å². The van der Waals surface area contributed by atoms with Gasteiger partial charge in [-0.25, -0.2) is 14.4 Å². The summed E-state index contributed by atoms with van der Waals surface area (Å²) in [5, 5.41) is 2.48. The van der Waals surface area contributed by atoms with Gasteiger partial charge in [0.1, 0.15) is 0 Å². The Morgan fingerprint density at radius 3 is 3.00 bits per heavy atom. The average molecular weight is 252 g/mol. The van der Waals surface area contributed by atoms with Crippen LogP contribution in [0.5, 0.6) is 0 Å². The van der Waals surface area contributed by atoms with Crippen LogP contribution in [0.1, 0.15) is 16.1 Å². The Labute approximate surface area is 101 Å². The van der Waals surface area contributed by atoms with E-state index in [1.807, 2.05) is 0 Å². The van der Waals surface area contributed by atoms with E-state index in [-0.39, 0.29) is 5.56 Å². The van der Waals surface area contributed by atoms with Crippen molar-refractivity contribution in [2.75, 3.05) is 6.54 Å². The first-order chi connectivity index (χ1) is 8.68. The lowest BCUT2D eigenvalue weighted by atomic mass is 10.2. The number of nitrogens with zero attached hydrogens (tertiary/aromatic N) is 2. The standard InChI is InChI=1S/C11H10F2N4O/c12-9-8(2-4-15-10(9)13)11(18)16-3-1-7-5-14-6-17-7/h2,4-6H,1,3H2,(H,14,17)(H,16,18). The predicted molar refractivity (Wildman–Crippen MR) is 58.8 cm³/mol. The van der Waals surface area contributed by atoms with E-state index in [1.165, 1.54) is 6.33 Å². The molecular formula is C11H10F2N4O. The largest absolute Gasteiger partial charge is 0.352 e. The van der Waals surface area contributed by atoms with Gasteiger partial charge >= 0.3 is 0 Å². The quantitative estimate of drug-likeness (QED) is 0.799. The number of halogens is 2. The topological polar surface area (TPSA) is 70.7 Å². The van der Waals surface area contributed by atoms with Crippen molar-refractivity contribution < 1.29 is 13.6 Å². The molecule has 18 heavy (non-hydrogen) atoms. The molecule has 0 aliphatic carbocycles. The molecule has 0 aliphatic heterocycles. The second kappa shape index (κ2) is 5.35. The van der Waals surface area contributed by atoms with E-state index < -0.39 is 17.7 Å². The van der Waals surface area contributed by atoms with Crippen LogP contribution in [0.3, 0.4) is 0 Å². The maximum absolute atomic E-state index is 13.2. The van der Waals surface area contributed by atoms with E-state index in [0.29, 0.717) is 13.0 Å². The van der Waals surface area contributed by atoms with Crippen molar-refractivity contribution in [1.29, 1.82) is 0 Å². The predicted octanol–water partition coefficient (Wildman–Crippen LogP) is 1.06. The maximum atomic E-state index is 13.2. The number of carbonyl (C=O) groups excluding carboxylic acids is 1. The number of carbonyl (C=O) groups is 1. The molecule has 5 nitrogen and oxygen atoms in total. The molecule has 2 aromatic heterocycles. The lowest BCUT2D eigenvalue weighted by Crippen LogP contribution is -2.27. The van der Waals surface area contributed by atoms with Crippen molar-refractivity contribution in [1.82, 2.24) is 20.3 Å². The highest BCUT2D eigenvalue weighted by Crippen LogP contribution is 2.08. The summed E-state index contributed by atoms with van der Waals surface area (Å²) in [7, 11) is 0. The molecule has 0 saturated carbocycles. The molecule has 0 fully saturated rings. The number of imidazole rings is 1. The summed E-state index contributed by atoms with van der Waals surface area (Å²) in [5.41, 5.74) is 0.490. The van der Waals surface area contributed by atoms with E-state index in [9.17, 15) is 13.6 Å². The van der Waals surface area contributed by atoms with Crippen molar-refractivity contribution in [2.45, 2.75) is 6.42 Å². The number of nitrogens with one attached hydrogen (secondary N) is 2. The normalized spacial score (nSPS) is 10.3. The van der Waals surface area contributed by atoms with E-state index in [2.05, 4.69) is 20.3 Å². The summed E-state index contributed by atoms with van der Waals surface area (Å²) < 4.78 is 26.0. The molecule has 0 aliphatic rings. The van der Waals surface area contributed by atoms with Gasteiger partial charge in [-0.3, -0.25) is 4.79 Å². The number of hydrogen-bond donors (Lipinski definition) is 2. The zero-order chi connectivity index (χ0) is 13.0. The number of rotatable bonds is 4. The SMILES string of the molecule is O=C(NCCc1cnc[nH]1)c1ccnc(F)c1F. The third kappa shape index (κ3) is 2.68. The lowest BCUT2D eigenvalue weighted by Gasteiger charge is -2.05. The summed E-state index contributed by atoms with van der Waals surface area (Å²) in [6.07, 6.45) is 4.72. The van der Waals surface area contributed by atoms with Crippen LogP contribution in [0.2, 0.25) is 0 Å². The molecule has 94 valence electrons. The Hall–Kier alpha value is -2.31. The summed E-state index contributed by atoms with van der Waals surface area (Å²) in [6.45, 7) is 0.296. The van der Waals surface area contributed by atoms with Gasteiger partial charge in [-0.15, -0.1) is 0 Å². The number of pyridine rings is 1. The maximum Gasteiger partial charge on any atom is 0.254 e. The third-order valence-corrected chi connectivity index (χ3v) is 2.33. The minimum atomic E-state index is -1.28. The number of amides is 1. The first kappa shape index (κ1) is 12.2. The molecule has 0 bridgehead atoms. The Kier molecular flexibility index (Phi) is 3.61. The van der Waals surface area contributed by atoms with Crippen molar-refractivity contribution in [2.24, 2.45) is 0 Å². The van der Waals surface area contributed by atoms with Crippen molar-refractivity contribution >= 4 is 5.91 Å². The number of aromatic amines is 1. The molecular weight excluding hydrogens is 242 g/mol. The van der Waals surface area contributed by atoms with Gasteiger partial charge in [0.2, 0.25) is 5.95 Å². The molecule has 2 heterocycles. The highest BCUT2D eigenvalue weighted by molar-refractivity contribution is 5.94.